The smallest absolute Gasteiger partial charge is 0.415 e. The molecule has 2 fully saturated rings. The van der Waals surface area contributed by atoms with E-state index < -0.39 is 17.2 Å². The first-order valence-corrected chi connectivity index (χ1v) is 14.2. The van der Waals surface area contributed by atoms with Crippen molar-refractivity contribution in [3.05, 3.63) is 89.0 Å². The van der Waals surface area contributed by atoms with Crippen molar-refractivity contribution in [1.29, 1.82) is 0 Å². The Labute approximate surface area is 239 Å². The summed E-state index contributed by atoms with van der Waals surface area (Å²) < 4.78 is 33.8. The zero-order valence-electron chi connectivity index (χ0n) is 23.6. The third-order valence-electron chi connectivity index (χ3n) is 7.82. The summed E-state index contributed by atoms with van der Waals surface area (Å²) in [5.74, 6) is -1.63. The van der Waals surface area contributed by atoms with Gasteiger partial charge in [0.15, 0.2) is 11.6 Å². The Balaban J connectivity index is 0.00000124. The SMILES string of the molecule is CCCc1cc(CN2CCC3(CC2)CN(c2ccccc2)C(=O)O3)cc(CCC)c1-c1ccc(F)c(F)c1.O=C=O. The number of halogens is 2. The van der Waals surface area contributed by atoms with Gasteiger partial charge in [-0.3, -0.25) is 9.80 Å². The first-order valence-electron chi connectivity index (χ1n) is 14.2. The first kappa shape index (κ1) is 30.1. The molecule has 2 saturated heterocycles. The molecule has 0 N–H and O–H groups in total. The molecular formula is C33H36F2N2O4. The molecule has 3 aromatic carbocycles. The number of carbonyl (C=O) groups excluding carboxylic acids is 3. The number of hydrogen-bond donors (Lipinski definition) is 0. The standard InChI is InChI=1S/C32H36F2N2O2.CO2/c1-3-8-24-18-23(19-25(9-4-2)30(24)26-12-13-28(33)29(34)20-26)21-35-16-14-32(15-17-35)22-36(31(37)38-32)27-10-6-5-7-11-27;2-1-3/h5-7,10-13,18-20H,3-4,8-9,14-17,21-22H2,1-2H3;. The Bertz CT molecular complexity index is 1350. The number of aryl methyl sites for hydroxylation is 2. The number of ether oxygens (including phenoxy) is 1. The fraction of sp³-hybridized carbons (Fsp3) is 0.394. The number of nitrogens with zero attached hydrogens (tertiary/aromatic N) is 2. The van der Waals surface area contributed by atoms with E-state index in [2.05, 4.69) is 30.9 Å². The van der Waals surface area contributed by atoms with Crippen molar-refractivity contribution in [2.24, 2.45) is 0 Å². The van der Waals surface area contributed by atoms with Gasteiger partial charge in [-0.15, -0.1) is 0 Å². The molecule has 0 unspecified atom stereocenters. The van der Waals surface area contributed by atoms with Gasteiger partial charge in [-0.25, -0.2) is 13.6 Å². The lowest BCUT2D eigenvalue weighted by Gasteiger charge is -2.37. The van der Waals surface area contributed by atoms with Gasteiger partial charge in [0.2, 0.25) is 0 Å². The summed E-state index contributed by atoms with van der Waals surface area (Å²) in [6.45, 7) is 7.41. The van der Waals surface area contributed by atoms with Crippen molar-refractivity contribution in [3.63, 3.8) is 0 Å². The predicted octanol–water partition coefficient (Wildman–Crippen LogP) is 6.94. The molecule has 6 nitrogen and oxygen atoms in total. The molecule has 3 aromatic rings. The van der Waals surface area contributed by atoms with Crippen molar-refractivity contribution in [2.45, 2.75) is 64.5 Å². The van der Waals surface area contributed by atoms with E-state index in [9.17, 15) is 13.6 Å². The molecule has 2 aliphatic heterocycles. The van der Waals surface area contributed by atoms with Crippen molar-refractivity contribution in [2.75, 3.05) is 24.5 Å². The second kappa shape index (κ2) is 13.7. The highest BCUT2D eigenvalue weighted by Crippen LogP contribution is 2.37. The summed E-state index contributed by atoms with van der Waals surface area (Å²) in [5.41, 5.74) is 5.87. The van der Waals surface area contributed by atoms with Crippen LogP contribution in [0.5, 0.6) is 0 Å². The zero-order valence-corrected chi connectivity index (χ0v) is 23.6. The highest BCUT2D eigenvalue weighted by atomic mass is 19.2. The second-order valence-corrected chi connectivity index (χ2v) is 10.8. The molecule has 5 rings (SSSR count). The van der Waals surface area contributed by atoms with Gasteiger partial charge in [-0.2, -0.15) is 9.59 Å². The average molecular weight is 563 g/mol. The molecule has 41 heavy (non-hydrogen) atoms. The Morgan fingerprint density at radius 1 is 0.878 bits per heavy atom. The first-order chi connectivity index (χ1) is 19.8. The number of rotatable bonds is 8. The van der Waals surface area contributed by atoms with Crippen molar-refractivity contribution < 1.29 is 27.9 Å². The van der Waals surface area contributed by atoms with Gasteiger partial charge in [0, 0.05) is 38.2 Å². The van der Waals surface area contributed by atoms with E-state index in [4.69, 9.17) is 14.3 Å². The fourth-order valence-corrected chi connectivity index (χ4v) is 5.95. The van der Waals surface area contributed by atoms with Gasteiger partial charge in [0.05, 0.1) is 6.54 Å². The van der Waals surface area contributed by atoms with Crippen LogP contribution < -0.4 is 4.90 Å². The monoisotopic (exact) mass is 562 g/mol. The van der Waals surface area contributed by atoms with Crippen LogP contribution in [0.3, 0.4) is 0 Å². The van der Waals surface area contributed by atoms with Crippen LogP contribution in [0.25, 0.3) is 11.1 Å². The zero-order chi connectivity index (χ0) is 29.4. The van der Waals surface area contributed by atoms with E-state index in [1.807, 2.05) is 30.3 Å². The summed E-state index contributed by atoms with van der Waals surface area (Å²) in [6, 6.07) is 18.5. The van der Waals surface area contributed by atoms with E-state index >= 15 is 0 Å². The number of para-hydroxylation sites is 1. The predicted molar refractivity (Wildman–Crippen MR) is 152 cm³/mol. The fourth-order valence-electron chi connectivity index (χ4n) is 5.95. The lowest BCUT2D eigenvalue weighted by Crippen LogP contribution is -2.46. The molecule has 2 heterocycles. The molecule has 0 aromatic heterocycles. The summed E-state index contributed by atoms with van der Waals surface area (Å²) in [6.07, 6.45) is 5.31. The molecule has 1 spiro atoms. The van der Waals surface area contributed by atoms with Gasteiger partial charge < -0.3 is 4.74 Å². The number of anilines is 1. The van der Waals surface area contributed by atoms with E-state index in [0.717, 1.165) is 75.0 Å². The number of likely N-dealkylation sites (tertiary alicyclic amines) is 1. The third kappa shape index (κ3) is 7.07. The van der Waals surface area contributed by atoms with Crippen LogP contribution in [0, 0.1) is 11.6 Å². The van der Waals surface area contributed by atoms with Gasteiger partial charge in [0.25, 0.3) is 0 Å². The van der Waals surface area contributed by atoms with Crippen LogP contribution in [-0.2, 0) is 33.7 Å². The van der Waals surface area contributed by atoms with Crippen molar-refractivity contribution in [1.82, 2.24) is 4.90 Å². The summed E-state index contributed by atoms with van der Waals surface area (Å²) in [4.78, 5) is 33.1. The van der Waals surface area contributed by atoms with E-state index in [1.54, 1.807) is 11.0 Å². The summed E-state index contributed by atoms with van der Waals surface area (Å²) >= 11 is 0. The number of piperidine rings is 1. The minimum atomic E-state index is -0.817. The molecule has 8 heteroatoms. The number of hydrogen-bond acceptors (Lipinski definition) is 5. The summed E-state index contributed by atoms with van der Waals surface area (Å²) in [7, 11) is 0. The van der Waals surface area contributed by atoms with Crippen LogP contribution in [0.15, 0.2) is 60.7 Å². The van der Waals surface area contributed by atoms with Crippen LogP contribution in [0.4, 0.5) is 19.3 Å². The largest absolute Gasteiger partial charge is 0.441 e. The normalized spacial score (nSPS) is 16.2. The maximum absolute atomic E-state index is 14.1. The quantitative estimate of drug-likeness (QED) is 0.297. The van der Waals surface area contributed by atoms with E-state index in [1.165, 1.54) is 28.8 Å². The highest BCUT2D eigenvalue weighted by Gasteiger charge is 2.47. The Morgan fingerprint density at radius 2 is 1.49 bits per heavy atom. The molecule has 1 amide bonds. The second-order valence-electron chi connectivity index (χ2n) is 10.8. The number of benzene rings is 3. The molecule has 0 atom stereocenters. The van der Waals surface area contributed by atoms with Crippen LogP contribution in [0.1, 0.15) is 56.2 Å². The van der Waals surface area contributed by atoms with Gasteiger partial charge in [-0.05, 0) is 64.9 Å². The highest BCUT2D eigenvalue weighted by molar-refractivity contribution is 5.90. The lowest BCUT2D eigenvalue weighted by atomic mass is 9.87. The average Bonchev–Trinajstić information content (AvgIpc) is 3.28. The lowest BCUT2D eigenvalue weighted by molar-refractivity contribution is -0.191. The molecule has 216 valence electrons. The Kier molecular flexibility index (Phi) is 10.0. The molecule has 0 radical (unpaired) electrons. The van der Waals surface area contributed by atoms with Gasteiger partial charge >= 0.3 is 12.2 Å². The van der Waals surface area contributed by atoms with Crippen LogP contribution in [0.2, 0.25) is 0 Å². The minimum Gasteiger partial charge on any atom is -0.441 e. The minimum absolute atomic E-state index is 0.250. The molecule has 0 bridgehead atoms. The number of amides is 1. The Hall–Kier alpha value is -3.87. The molecule has 0 aliphatic carbocycles. The van der Waals surface area contributed by atoms with Gasteiger partial charge in [-0.1, -0.05) is 63.1 Å². The van der Waals surface area contributed by atoms with E-state index in [0.29, 0.717) is 6.54 Å². The van der Waals surface area contributed by atoms with Gasteiger partial charge in [0.1, 0.15) is 5.60 Å². The van der Waals surface area contributed by atoms with Crippen LogP contribution >= 0.6 is 0 Å². The molecular weight excluding hydrogens is 526 g/mol. The van der Waals surface area contributed by atoms with Crippen molar-refractivity contribution >= 4 is 17.9 Å². The third-order valence-corrected chi connectivity index (χ3v) is 7.82. The maximum atomic E-state index is 14.1. The topological polar surface area (TPSA) is 66.9 Å². The number of carbonyl (C=O) groups is 1. The van der Waals surface area contributed by atoms with Crippen LogP contribution in [-0.4, -0.2) is 42.4 Å². The Morgan fingerprint density at radius 3 is 2.05 bits per heavy atom. The maximum Gasteiger partial charge on any atom is 0.415 e. The summed E-state index contributed by atoms with van der Waals surface area (Å²) in [5, 5.41) is 0. The van der Waals surface area contributed by atoms with E-state index in [-0.39, 0.29) is 12.2 Å². The van der Waals surface area contributed by atoms with Crippen molar-refractivity contribution in [3.8, 4) is 11.1 Å². The molecule has 2 aliphatic rings. The molecule has 0 saturated carbocycles.